The largest absolute Gasteiger partial charge is 0.0840 e. The molecule has 0 aliphatic heterocycles. The molecule has 0 nitrogen and oxygen atoms in total. The molecule has 0 fully saturated rings. The maximum absolute atomic E-state index is 5.94. The fourth-order valence-electron chi connectivity index (χ4n) is 1.13. The van der Waals surface area contributed by atoms with Crippen molar-refractivity contribution in [3.05, 3.63) is 32.8 Å². The van der Waals surface area contributed by atoms with Crippen LogP contribution < -0.4 is 0 Å². The molecule has 0 aliphatic carbocycles. The van der Waals surface area contributed by atoms with Gasteiger partial charge in [0.25, 0.3) is 0 Å². The van der Waals surface area contributed by atoms with Crippen molar-refractivity contribution in [1.29, 1.82) is 0 Å². The van der Waals surface area contributed by atoms with Gasteiger partial charge >= 0.3 is 0 Å². The molecule has 0 aromatic heterocycles. The lowest BCUT2D eigenvalue weighted by molar-refractivity contribution is 1.10. The predicted molar refractivity (Wildman–Crippen MR) is 53.3 cm³/mol. The standard InChI is InChI=1S/C9H10BrCl/c1-3-7-6(2)9(11)5-4-8(7)10/h4-5H,3H2,1-2H3. The van der Waals surface area contributed by atoms with Crippen LogP contribution in [0.3, 0.4) is 0 Å². The summed E-state index contributed by atoms with van der Waals surface area (Å²) in [4.78, 5) is 0. The van der Waals surface area contributed by atoms with Crippen LogP contribution in [0.4, 0.5) is 0 Å². The monoisotopic (exact) mass is 232 g/mol. The maximum Gasteiger partial charge on any atom is 0.0438 e. The molecule has 0 amide bonds. The third-order valence-electron chi connectivity index (χ3n) is 1.83. The topological polar surface area (TPSA) is 0 Å². The summed E-state index contributed by atoms with van der Waals surface area (Å²) in [6, 6.07) is 3.91. The molecule has 1 aromatic carbocycles. The lowest BCUT2D eigenvalue weighted by Gasteiger charge is -2.06. The molecule has 0 unspecified atom stereocenters. The van der Waals surface area contributed by atoms with Crippen molar-refractivity contribution in [2.45, 2.75) is 20.3 Å². The zero-order chi connectivity index (χ0) is 8.43. The van der Waals surface area contributed by atoms with E-state index in [1.807, 2.05) is 19.1 Å². The van der Waals surface area contributed by atoms with Crippen molar-refractivity contribution in [3.8, 4) is 0 Å². The third-order valence-corrected chi connectivity index (χ3v) is 2.98. The van der Waals surface area contributed by atoms with Gasteiger partial charge in [-0.2, -0.15) is 0 Å². The highest BCUT2D eigenvalue weighted by molar-refractivity contribution is 9.10. The van der Waals surface area contributed by atoms with Crippen molar-refractivity contribution < 1.29 is 0 Å². The van der Waals surface area contributed by atoms with Gasteiger partial charge in [-0.15, -0.1) is 0 Å². The number of rotatable bonds is 1. The molecule has 0 saturated carbocycles. The van der Waals surface area contributed by atoms with Crippen LogP contribution in [0.1, 0.15) is 18.1 Å². The summed E-state index contributed by atoms with van der Waals surface area (Å²) in [5.74, 6) is 0. The Morgan fingerprint density at radius 2 is 2.09 bits per heavy atom. The van der Waals surface area contributed by atoms with Crippen LogP contribution in [0.25, 0.3) is 0 Å². The molecular weight excluding hydrogens is 223 g/mol. The predicted octanol–water partition coefficient (Wildman–Crippen LogP) is 3.97. The minimum absolute atomic E-state index is 0.852. The lowest BCUT2D eigenvalue weighted by atomic mass is 10.1. The fraction of sp³-hybridized carbons (Fsp3) is 0.333. The van der Waals surface area contributed by atoms with Crippen molar-refractivity contribution in [2.75, 3.05) is 0 Å². The van der Waals surface area contributed by atoms with Gasteiger partial charge in [-0.05, 0) is 36.6 Å². The Hall–Kier alpha value is -0.0100. The zero-order valence-electron chi connectivity index (χ0n) is 6.62. The van der Waals surface area contributed by atoms with E-state index in [0.29, 0.717) is 0 Å². The molecule has 2 heteroatoms. The summed E-state index contributed by atoms with van der Waals surface area (Å²) >= 11 is 9.43. The Bertz CT molecular complexity index is 269. The van der Waals surface area contributed by atoms with Gasteiger partial charge in [0.1, 0.15) is 0 Å². The third kappa shape index (κ3) is 1.77. The summed E-state index contributed by atoms with van der Waals surface area (Å²) in [5, 5.41) is 0.852. The Morgan fingerprint density at radius 1 is 1.45 bits per heavy atom. The van der Waals surface area contributed by atoms with E-state index in [1.54, 1.807) is 0 Å². The summed E-state index contributed by atoms with van der Waals surface area (Å²) in [6.45, 7) is 4.18. The number of benzene rings is 1. The number of hydrogen-bond donors (Lipinski definition) is 0. The van der Waals surface area contributed by atoms with Gasteiger partial charge in [0.15, 0.2) is 0 Å². The highest BCUT2D eigenvalue weighted by Crippen LogP contribution is 2.26. The van der Waals surface area contributed by atoms with Crippen LogP contribution in [-0.4, -0.2) is 0 Å². The summed E-state index contributed by atoms with van der Waals surface area (Å²) in [6.07, 6.45) is 1.02. The summed E-state index contributed by atoms with van der Waals surface area (Å²) in [7, 11) is 0. The molecule has 11 heavy (non-hydrogen) atoms. The van der Waals surface area contributed by atoms with Crippen LogP contribution in [0.5, 0.6) is 0 Å². The van der Waals surface area contributed by atoms with Crippen LogP contribution in [0.2, 0.25) is 5.02 Å². The van der Waals surface area contributed by atoms with Gasteiger partial charge in [0.2, 0.25) is 0 Å². The van der Waals surface area contributed by atoms with Crippen LogP contribution in [-0.2, 0) is 6.42 Å². The Kier molecular flexibility index (Phi) is 2.97. The first-order chi connectivity index (χ1) is 5.16. The minimum atomic E-state index is 0.852. The minimum Gasteiger partial charge on any atom is -0.0840 e. The highest BCUT2D eigenvalue weighted by atomic mass is 79.9. The van der Waals surface area contributed by atoms with E-state index in [-0.39, 0.29) is 0 Å². The normalized spacial score (nSPS) is 10.2. The van der Waals surface area contributed by atoms with E-state index in [9.17, 15) is 0 Å². The quantitative estimate of drug-likeness (QED) is 0.688. The lowest BCUT2D eigenvalue weighted by Crippen LogP contribution is -1.88. The average Bonchev–Trinajstić information content (AvgIpc) is 1.99. The summed E-state index contributed by atoms with van der Waals surface area (Å²) in [5.41, 5.74) is 2.49. The van der Waals surface area contributed by atoms with E-state index >= 15 is 0 Å². The van der Waals surface area contributed by atoms with E-state index in [1.165, 1.54) is 11.1 Å². The smallest absolute Gasteiger partial charge is 0.0438 e. The van der Waals surface area contributed by atoms with Crippen molar-refractivity contribution in [1.82, 2.24) is 0 Å². The van der Waals surface area contributed by atoms with Crippen LogP contribution in [0.15, 0.2) is 16.6 Å². The Labute approximate surface area is 80.7 Å². The van der Waals surface area contributed by atoms with Gasteiger partial charge in [-0.3, -0.25) is 0 Å². The first-order valence-electron chi connectivity index (χ1n) is 3.60. The zero-order valence-corrected chi connectivity index (χ0v) is 8.96. The molecule has 1 aromatic rings. The second kappa shape index (κ2) is 3.59. The van der Waals surface area contributed by atoms with E-state index in [4.69, 9.17) is 11.6 Å². The molecule has 0 N–H and O–H groups in total. The van der Waals surface area contributed by atoms with Gasteiger partial charge in [-0.1, -0.05) is 34.5 Å². The summed E-state index contributed by atoms with van der Waals surface area (Å²) < 4.78 is 1.15. The van der Waals surface area contributed by atoms with E-state index in [2.05, 4.69) is 22.9 Å². The molecule has 0 bridgehead atoms. The molecule has 0 radical (unpaired) electrons. The molecule has 1 rings (SSSR count). The number of halogens is 2. The molecule has 0 heterocycles. The molecule has 0 saturated heterocycles. The molecular formula is C9H10BrCl. The molecule has 0 spiro atoms. The average molecular weight is 234 g/mol. The second-order valence-electron chi connectivity index (χ2n) is 2.49. The van der Waals surface area contributed by atoms with E-state index in [0.717, 1.165) is 15.9 Å². The van der Waals surface area contributed by atoms with Crippen molar-refractivity contribution >= 4 is 27.5 Å². The van der Waals surface area contributed by atoms with Crippen LogP contribution in [0, 0.1) is 6.92 Å². The molecule has 60 valence electrons. The first-order valence-corrected chi connectivity index (χ1v) is 4.77. The van der Waals surface area contributed by atoms with Crippen LogP contribution >= 0.6 is 27.5 Å². The first kappa shape index (κ1) is 9.08. The number of hydrogen-bond acceptors (Lipinski definition) is 0. The molecule has 0 atom stereocenters. The second-order valence-corrected chi connectivity index (χ2v) is 3.75. The SMILES string of the molecule is CCc1c(Br)ccc(Cl)c1C. The van der Waals surface area contributed by atoms with Gasteiger partial charge in [0.05, 0.1) is 0 Å². The molecule has 0 aliphatic rings. The van der Waals surface area contributed by atoms with Gasteiger partial charge in [0, 0.05) is 9.50 Å². The van der Waals surface area contributed by atoms with Crippen molar-refractivity contribution in [2.24, 2.45) is 0 Å². The van der Waals surface area contributed by atoms with Gasteiger partial charge in [-0.25, -0.2) is 0 Å². The maximum atomic E-state index is 5.94. The van der Waals surface area contributed by atoms with Crippen molar-refractivity contribution in [3.63, 3.8) is 0 Å². The Morgan fingerprint density at radius 3 is 2.55 bits per heavy atom. The highest BCUT2D eigenvalue weighted by Gasteiger charge is 2.03. The fourth-order valence-corrected chi connectivity index (χ4v) is 2.02. The van der Waals surface area contributed by atoms with Gasteiger partial charge < -0.3 is 0 Å². The van der Waals surface area contributed by atoms with E-state index < -0.39 is 0 Å². The Balaban J connectivity index is 3.29.